The predicted octanol–water partition coefficient (Wildman–Crippen LogP) is 2.30. The first-order chi connectivity index (χ1) is 17.0. The number of fused-ring (bicyclic) bond motifs is 1. The number of pyridine rings is 1. The second kappa shape index (κ2) is 11.7. The van der Waals surface area contributed by atoms with Crippen molar-refractivity contribution in [2.45, 2.75) is 50.8 Å². The Morgan fingerprint density at radius 2 is 2.03 bits per heavy atom. The third kappa shape index (κ3) is 6.55. The van der Waals surface area contributed by atoms with Gasteiger partial charge in [-0.05, 0) is 57.0 Å². The molecule has 1 aliphatic rings. The van der Waals surface area contributed by atoms with Gasteiger partial charge in [-0.15, -0.1) is 0 Å². The third-order valence-corrected chi connectivity index (χ3v) is 7.90. The van der Waals surface area contributed by atoms with Crippen molar-refractivity contribution in [3.8, 4) is 17.6 Å². The van der Waals surface area contributed by atoms with E-state index in [1.54, 1.807) is 44.4 Å². The SMILES string of the molecule is CC(C)NC(=O)N(C)C[C@H]1Oc2cc(C#Cc3ccccn3)ccc2S(=O)(=O)N([C@@H](C)CO)C[C@H]1C. The highest BCUT2D eigenvalue weighted by atomic mass is 32.2. The van der Waals surface area contributed by atoms with E-state index in [2.05, 4.69) is 22.1 Å². The number of likely N-dealkylation sites (N-methyl/N-ethyl adjacent to an activating group) is 1. The second-order valence-electron chi connectivity index (χ2n) is 9.35. The lowest BCUT2D eigenvalue weighted by atomic mass is 10.0. The zero-order valence-corrected chi connectivity index (χ0v) is 22.1. The van der Waals surface area contributed by atoms with Crippen LogP contribution < -0.4 is 10.1 Å². The minimum Gasteiger partial charge on any atom is -0.487 e. The van der Waals surface area contributed by atoms with Gasteiger partial charge < -0.3 is 20.1 Å². The lowest BCUT2D eigenvalue weighted by molar-refractivity contribution is 0.0809. The molecule has 10 heteroatoms. The lowest BCUT2D eigenvalue weighted by Crippen LogP contribution is -2.51. The molecule has 0 saturated heterocycles. The highest BCUT2D eigenvalue weighted by molar-refractivity contribution is 7.89. The van der Waals surface area contributed by atoms with E-state index in [1.165, 1.54) is 15.3 Å². The fourth-order valence-electron chi connectivity index (χ4n) is 3.80. The smallest absolute Gasteiger partial charge is 0.317 e. The Morgan fingerprint density at radius 3 is 2.67 bits per heavy atom. The molecule has 1 aromatic carbocycles. The van der Waals surface area contributed by atoms with Crippen molar-refractivity contribution in [3.05, 3.63) is 53.9 Å². The minimum absolute atomic E-state index is 0.00243. The number of aromatic nitrogens is 1. The fourth-order valence-corrected chi connectivity index (χ4v) is 5.63. The highest BCUT2D eigenvalue weighted by Crippen LogP contribution is 2.34. The molecule has 2 heterocycles. The summed E-state index contributed by atoms with van der Waals surface area (Å²) < 4.78 is 34.8. The summed E-state index contributed by atoms with van der Waals surface area (Å²) in [6.45, 7) is 7.35. The van der Waals surface area contributed by atoms with Gasteiger partial charge in [-0.1, -0.05) is 18.9 Å². The summed E-state index contributed by atoms with van der Waals surface area (Å²) in [5.74, 6) is 5.86. The monoisotopic (exact) mass is 514 g/mol. The molecule has 0 bridgehead atoms. The first-order valence-electron chi connectivity index (χ1n) is 11.9. The second-order valence-corrected chi connectivity index (χ2v) is 11.2. The number of sulfonamides is 1. The van der Waals surface area contributed by atoms with Gasteiger partial charge in [-0.2, -0.15) is 4.31 Å². The topological polar surface area (TPSA) is 112 Å². The van der Waals surface area contributed by atoms with Gasteiger partial charge in [0.2, 0.25) is 10.0 Å². The van der Waals surface area contributed by atoms with Crippen molar-refractivity contribution in [2.75, 3.05) is 26.7 Å². The molecule has 36 heavy (non-hydrogen) atoms. The van der Waals surface area contributed by atoms with Crippen LogP contribution in [0.2, 0.25) is 0 Å². The van der Waals surface area contributed by atoms with Crippen molar-refractivity contribution in [3.63, 3.8) is 0 Å². The average Bonchev–Trinajstić information content (AvgIpc) is 2.84. The van der Waals surface area contributed by atoms with Crippen molar-refractivity contribution in [1.82, 2.24) is 19.5 Å². The normalized spacial score (nSPS) is 20.1. The number of nitrogens with one attached hydrogen (secondary N) is 1. The van der Waals surface area contributed by atoms with E-state index in [1.807, 2.05) is 26.8 Å². The molecule has 1 aliphatic heterocycles. The van der Waals surface area contributed by atoms with Crippen LogP contribution in [0.15, 0.2) is 47.5 Å². The van der Waals surface area contributed by atoms with Crippen LogP contribution in [0.5, 0.6) is 5.75 Å². The van der Waals surface area contributed by atoms with Gasteiger partial charge in [0.1, 0.15) is 22.4 Å². The molecule has 9 nitrogen and oxygen atoms in total. The van der Waals surface area contributed by atoms with Gasteiger partial charge in [0.05, 0.1) is 13.2 Å². The van der Waals surface area contributed by atoms with Gasteiger partial charge >= 0.3 is 6.03 Å². The quantitative estimate of drug-likeness (QED) is 0.593. The van der Waals surface area contributed by atoms with Crippen LogP contribution in [-0.4, -0.2) is 78.7 Å². The van der Waals surface area contributed by atoms with Crippen LogP contribution in [0.3, 0.4) is 0 Å². The molecule has 1 aromatic heterocycles. The van der Waals surface area contributed by atoms with Crippen LogP contribution >= 0.6 is 0 Å². The number of aliphatic hydroxyl groups is 1. The van der Waals surface area contributed by atoms with Gasteiger partial charge in [0, 0.05) is 43.4 Å². The number of amides is 2. The number of rotatable bonds is 5. The molecule has 3 rings (SSSR count). The van der Waals surface area contributed by atoms with Gasteiger partial charge in [-0.25, -0.2) is 18.2 Å². The number of urea groups is 1. The maximum atomic E-state index is 13.6. The Hall–Kier alpha value is -3.13. The fraction of sp³-hybridized carbons (Fsp3) is 0.462. The van der Waals surface area contributed by atoms with Crippen molar-refractivity contribution in [1.29, 1.82) is 0 Å². The van der Waals surface area contributed by atoms with E-state index in [-0.39, 0.29) is 48.3 Å². The largest absolute Gasteiger partial charge is 0.487 e. The number of hydrogen-bond acceptors (Lipinski definition) is 6. The van der Waals surface area contributed by atoms with E-state index in [0.29, 0.717) is 11.3 Å². The molecule has 0 spiro atoms. The molecule has 2 N–H and O–H groups in total. The molecule has 0 aliphatic carbocycles. The zero-order valence-electron chi connectivity index (χ0n) is 21.3. The summed E-state index contributed by atoms with van der Waals surface area (Å²) in [4.78, 5) is 18.2. The lowest BCUT2D eigenvalue weighted by Gasteiger charge is -2.37. The molecular weight excluding hydrogens is 480 g/mol. The maximum Gasteiger partial charge on any atom is 0.317 e. The number of hydrogen-bond donors (Lipinski definition) is 2. The summed E-state index contributed by atoms with van der Waals surface area (Å²) in [6.07, 6.45) is 1.14. The Morgan fingerprint density at radius 1 is 1.28 bits per heavy atom. The van der Waals surface area contributed by atoms with Crippen LogP contribution in [-0.2, 0) is 10.0 Å². The maximum absolute atomic E-state index is 13.6. The van der Waals surface area contributed by atoms with E-state index in [0.717, 1.165) is 0 Å². The number of aliphatic hydroxyl groups excluding tert-OH is 1. The molecule has 3 atom stereocenters. The molecule has 0 saturated carbocycles. The van der Waals surface area contributed by atoms with Crippen LogP contribution in [0, 0.1) is 17.8 Å². The first-order valence-corrected chi connectivity index (χ1v) is 13.3. The number of nitrogens with zero attached hydrogens (tertiary/aromatic N) is 3. The molecule has 2 amide bonds. The van der Waals surface area contributed by atoms with Crippen LogP contribution in [0.4, 0.5) is 4.79 Å². The van der Waals surface area contributed by atoms with Crippen LogP contribution in [0.25, 0.3) is 0 Å². The summed E-state index contributed by atoms with van der Waals surface area (Å²) in [5, 5.41) is 12.6. The summed E-state index contributed by atoms with van der Waals surface area (Å²) in [7, 11) is -2.29. The van der Waals surface area contributed by atoms with Gasteiger partial charge in [0.25, 0.3) is 0 Å². The minimum atomic E-state index is -3.96. The Bertz CT molecular complexity index is 1220. The molecule has 2 aromatic rings. The van der Waals surface area contributed by atoms with Crippen molar-refractivity contribution >= 4 is 16.1 Å². The number of carbonyl (C=O) groups excluding carboxylic acids is 1. The summed E-state index contributed by atoms with van der Waals surface area (Å²) >= 11 is 0. The van der Waals surface area contributed by atoms with Crippen LogP contribution in [0.1, 0.15) is 39.0 Å². The molecule has 194 valence electrons. The number of carbonyl (C=O) groups is 1. The Kier molecular flexibility index (Phi) is 8.95. The van der Waals surface area contributed by atoms with E-state index < -0.39 is 22.2 Å². The van der Waals surface area contributed by atoms with Crippen molar-refractivity contribution in [2.24, 2.45) is 5.92 Å². The molecule has 0 fully saturated rings. The van der Waals surface area contributed by atoms with Gasteiger partial charge in [0.15, 0.2) is 0 Å². The summed E-state index contributed by atoms with van der Waals surface area (Å²) in [5.41, 5.74) is 1.15. The molecule has 0 radical (unpaired) electrons. The summed E-state index contributed by atoms with van der Waals surface area (Å²) in [6, 6.07) is 9.22. The molecule has 0 unspecified atom stereocenters. The number of benzene rings is 1. The highest BCUT2D eigenvalue weighted by Gasteiger charge is 2.38. The standard InChI is InChI=1S/C26H34N4O5S/c1-18(2)28-26(32)29(5)16-24-19(3)15-30(20(4)17-31)36(33,34)25-12-10-21(14-23(25)35-24)9-11-22-8-6-7-13-27-22/h6-8,10,12-14,18-20,24,31H,15-17H2,1-5H3,(H,28,32)/t19-,20+,24-/m1/s1. The average molecular weight is 515 g/mol. The Labute approximate surface area is 213 Å². The predicted molar refractivity (Wildman–Crippen MR) is 137 cm³/mol. The number of ether oxygens (including phenoxy) is 1. The van der Waals surface area contributed by atoms with E-state index >= 15 is 0 Å². The third-order valence-electron chi connectivity index (χ3n) is 5.88. The van der Waals surface area contributed by atoms with Gasteiger partial charge in [-0.3, -0.25) is 0 Å². The first kappa shape index (κ1) is 27.5. The van der Waals surface area contributed by atoms with E-state index in [9.17, 15) is 18.3 Å². The van der Waals surface area contributed by atoms with Crippen molar-refractivity contribution < 1.29 is 23.1 Å². The van der Waals surface area contributed by atoms with E-state index in [4.69, 9.17) is 4.74 Å². The zero-order chi connectivity index (χ0) is 26.5. The Balaban J connectivity index is 2.03. The molecular formula is C26H34N4O5S.